The van der Waals surface area contributed by atoms with Crippen molar-refractivity contribution in [2.45, 2.75) is 40.0 Å². The average Bonchev–Trinajstić information content (AvgIpc) is 2.89. The van der Waals surface area contributed by atoms with Gasteiger partial charge in [0.05, 0.1) is 18.5 Å². The lowest BCUT2D eigenvalue weighted by Crippen LogP contribution is -2.22. The maximum atomic E-state index is 5.54. The summed E-state index contributed by atoms with van der Waals surface area (Å²) in [6.45, 7) is 9.51. The van der Waals surface area contributed by atoms with E-state index in [2.05, 4.69) is 35.7 Å². The van der Waals surface area contributed by atoms with Crippen molar-refractivity contribution in [3.05, 3.63) is 23.2 Å². The average molecular weight is 288 g/mol. The number of hydrogen-bond acceptors (Lipinski definition) is 4. The first-order chi connectivity index (χ1) is 10.3. The van der Waals surface area contributed by atoms with Crippen LogP contribution in [0.15, 0.2) is 15.8 Å². The Kier molecular flexibility index (Phi) is 5.89. The lowest BCUT2D eigenvalue weighted by Gasteiger charge is -2.13. The van der Waals surface area contributed by atoms with Gasteiger partial charge >= 0.3 is 0 Å². The Balaban J connectivity index is 1.86. The molecule has 1 aromatic heterocycles. The summed E-state index contributed by atoms with van der Waals surface area (Å²) in [6, 6.07) is 0. The lowest BCUT2D eigenvalue weighted by atomic mass is 9.94. The number of rotatable bonds is 5. The van der Waals surface area contributed by atoms with Crippen molar-refractivity contribution in [2.24, 2.45) is 5.16 Å². The van der Waals surface area contributed by atoms with E-state index < -0.39 is 0 Å². The topological polar surface area (TPSA) is 38.0 Å². The van der Waals surface area contributed by atoms with Crippen molar-refractivity contribution in [1.82, 2.24) is 4.90 Å². The van der Waals surface area contributed by atoms with Gasteiger partial charge in [-0.05, 0) is 38.4 Å². The number of nitrogens with zero attached hydrogens (tertiary/aromatic N) is 2. The number of hydrogen-bond donors (Lipinski definition) is 0. The Bertz CT molecular complexity index is 545. The van der Waals surface area contributed by atoms with Gasteiger partial charge in [-0.15, -0.1) is 0 Å². The molecule has 114 valence electrons. The fourth-order valence-electron chi connectivity index (χ4n) is 2.51. The van der Waals surface area contributed by atoms with Crippen LogP contribution < -0.4 is 0 Å². The highest BCUT2D eigenvalue weighted by Crippen LogP contribution is 2.26. The molecule has 0 saturated carbocycles. The summed E-state index contributed by atoms with van der Waals surface area (Å²) >= 11 is 0. The molecule has 0 fully saturated rings. The first-order valence-corrected chi connectivity index (χ1v) is 7.70. The summed E-state index contributed by atoms with van der Waals surface area (Å²) in [4.78, 5) is 7.62. The van der Waals surface area contributed by atoms with Gasteiger partial charge in [-0.2, -0.15) is 0 Å². The molecule has 0 bridgehead atoms. The zero-order valence-corrected chi connectivity index (χ0v) is 13.2. The zero-order valence-electron chi connectivity index (χ0n) is 13.2. The molecule has 4 heteroatoms. The fourth-order valence-corrected chi connectivity index (χ4v) is 2.51. The van der Waals surface area contributed by atoms with E-state index in [1.807, 2.05) is 6.92 Å². The van der Waals surface area contributed by atoms with Crippen LogP contribution in [0.4, 0.5) is 0 Å². The van der Waals surface area contributed by atoms with Gasteiger partial charge in [0.25, 0.3) is 0 Å². The number of furan rings is 1. The molecule has 4 nitrogen and oxygen atoms in total. The van der Waals surface area contributed by atoms with Gasteiger partial charge in [0.2, 0.25) is 0 Å². The molecule has 0 saturated heterocycles. The Morgan fingerprint density at radius 1 is 1.29 bits per heavy atom. The maximum absolute atomic E-state index is 5.54. The minimum absolute atomic E-state index is 0.344. The van der Waals surface area contributed by atoms with Gasteiger partial charge in [-0.3, -0.25) is 4.90 Å². The van der Waals surface area contributed by atoms with Crippen molar-refractivity contribution in [1.29, 1.82) is 0 Å². The predicted octanol–water partition coefficient (Wildman–Crippen LogP) is 2.99. The van der Waals surface area contributed by atoms with E-state index >= 15 is 0 Å². The second-order valence-electron chi connectivity index (χ2n) is 5.20. The van der Waals surface area contributed by atoms with E-state index in [1.165, 1.54) is 0 Å². The minimum Gasteiger partial charge on any atom is -0.468 e. The number of fused-ring (bicyclic) bond motifs is 1. The van der Waals surface area contributed by atoms with E-state index in [1.54, 1.807) is 6.26 Å². The molecular formula is C17H24N2O2. The predicted molar refractivity (Wildman–Crippen MR) is 84.4 cm³/mol. The summed E-state index contributed by atoms with van der Waals surface area (Å²) in [5, 5.41) is 4.26. The molecular weight excluding hydrogens is 264 g/mol. The Morgan fingerprint density at radius 2 is 2.10 bits per heavy atom. The Morgan fingerprint density at radius 3 is 2.86 bits per heavy atom. The minimum atomic E-state index is 0.344. The third-order valence-corrected chi connectivity index (χ3v) is 3.79. The van der Waals surface area contributed by atoms with Gasteiger partial charge < -0.3 is 9.25 Å². The highest BCUT2D eigenvalue weighted by atomic mass is 16.6. The molecule has 0 radical (unpaired) electrons. The molecule has 1 aliphatic rings. The molecule has 2 rings (SSSR count). The van der Waals surface area contributed by atoms with Gasteiger partial charge in [0, 0.05) is 12.0 Å². The molecule has 0 aromatic carbocycles. The maximum Gasteiger partial charge on any atom is 0.177 e. The van der Waals surface area contributed by atoms with Crippen LogP contribution in [-0.4, -0.2) is 36.9 Å². The summed E-state index contributed by atoms with van der Waals surface area (Å²) in [5.41, 5.74) is 3.27. The molecule has 1 heterocycles. The van der Waals surface area contributed by atoms with Gasteiger partial charge in [-0.1, -0.05) is 30.8 Å². The fraction of sp³-hybridized carbons (Fsp3) is 0.588. The van der Waals surface area contributed by atoms with Gasteiger partial charge in [-0.25, -0.2) is 0 Å². The largest absolute Gasteiger partial charge is 0.468 e. The molecule has 0 atom stereocenters. The van der Waals surface area contributed by atoms with Crippen molar-refractivity contribution < 1.29 is 9.25 Å². The van der Waals surface area contributed by atoms with Crippen LogP contribution >= 0.6 is 0 Å². The van der Waals surface area contributed by atoms with Gasteiger partial charge in [0.15, 0.2) is 6.61 Å². The molecule has 0 N–H and O–H groups in total. The van der Waals surface area contributed by atoms with E-state index in [0.717, 1.165) is 61.5 Å². The van der Waals surface area contributed by atoms with E-state index in [-0.39, 0.29) is 0 Å². The normalized spacial score (nSPS) is 15.7. The second-order valence-corrected chi connectivity index (χ2v) is 5.20. The Hall–Kier alpha value is -1.73. The monoisotopic (exact) mass is 288 g/mol. The highest BCUT2D eigenvalue weighted by Gasteiger charge is 2.21. The van der Waals surface area contributed by atoms with E-state index in [0.29, 0.717) is 6.61 Å². The van der Waals surface area contributed by atoms with Crippen LogP contribution in [0, 0.1) is 18.8 Å². The second kappa shape index (κ2) is 7.90. The van der Waals surface area contributed by atoms with E-state index in [9.17, 15) is 0 Å². The number of oxime groups is 1. The molecule has 1 aliphatic carbocycles. The summed E-state index contributed by atoms with van der Waals surface area (Å²) in [7, 11) is 0. The van der Waals surface area contributed by atoms with Crippen LogP contribution in [0.3, 0.4) is 0 Å². The summed E-state index contributed by atoms with van der Waals surface area (Å²) in [5.74, 6) is 7.16. The van der Waals surface area contributed by atoms with Crippen LogP contribution in [0.5, 0.6) is 0 Å². The third kappa shape index (κ3) is 4.12. The smallest absolute Gasteiger partial charge is 0.177 e. The molecule has 0 aliphatic heterocycles. The van der Waals surface area contributed by atoms with Crippen LogP contribution in [0.2, 0.25) is 0 Å². The van der Waals surface area contributed by atoms with Crippen LogP contribution in [0.1, 0.15) is 43.6 Å². The molecule has 21 heavy (non-hydrogen) atoms. The van der Waals surface area contributed by atoms with Crippen LogP contribution in [0.25, 0.3) is 0 Å². The molecule has 0 unspecified atom stereocenters. The van der Waals surface area contributed by atoms with E-state index in [4.69, 9.17) is 9.25 Å². The first kappa shape index (κ1) is 15.7. The lowest BCUT2D eigenvalue weighted by molar-refractivity contribution is 0.178. The standard InChI is InChI=1S/C17H24N2O2/c1-4-19(5-2)11-6-7-12-21-18-15-9-8-10-16-17(15)14(3)13-20-16/h13H,4-5,8-12H2,1-3H3/b18-15+. The van der Waals surface area contributed by atoms with Crippen molar-refractivity contribution in [3.8, 4) is 11.8 Å². The van der Waals surface area contributed by atoms with Crippen molar-refractivity contribution >= 4 is 5.71 Å². The Labute approximate surface area is 127 Å². The van der Waals surface area contributed by atoms with Crippen LogP contribution in [-0.2, 0) is 11.3 Å². The summed E-state index contributed by atoms with van der Waals surface area (Å²) in [6.07, 6.45) is 4.80. The third-order valence-electron chi connectivity index (χ3n) is 3.79. The first-order valence-electron chi connectivity index (χ1n) is 7.70. The SMILES string of the molecule is CCN(CC)CC#CCO/N=C1\CCCc2occ(C)c21. The molecule has 0 amide bonds. The highest BCUT2D eigenvalue weighted by molar-refractivity contribution is 6.03. The van der Waals surface area contributed by atoms with Gasteiger partial charge in [0.1, 0.15) is 5.76 Å². The molecule has 1 aromatic rings. The summed E-state index contributed by atoms with van der Waals surface area (Å²) < 4.78 is 5.54. The molecule has 0 spiro atoms. The quantitative estimate of drug-likeness (QED) is 0.475. The van der Waals surface area contributed by atoms with Crippen molar-refractivity contribution in [2.75, 3.05) is 26.2 Å². The number of aryl methyl sites for hydroxylation is 2. The van der Waals surface area contributed by atoms with Crippen molar-refractivity contribution in [3.63, 3.8) is 0 Å². The zero-order chi connectivity index (χ0) is 15.1.